The molecule has 0 aliphatic carbocycles. The highest BCUT2D eigenvalue weighted by atomic mass is 19.2. The molecule has 0 fully saturated rings. The number of aryl methyl sites for hydroxylation is 1. The van der Waals surface area contributed by atoms with Crippen LogP contribution < -0.4 is 10.6 Å². The van der Waals surface area contributed by atoms with E-state index in [1.54, 1.807) is 17.8 Å². The maximum Gasteiger partial charge on any atom is 0.191 e. The molecule has 0 bridgehead atoms. The van der Waals surface area contributed by atoms with Gasteiger partial charge < -0.3 is 10.6 Å². The van der Waals surface area contributed by atoms with Gasteiger partial charge in [-0.05, 0) is 25.0 Å². The summed E-state index contributed by atoms with van der Waals surface area (Å²) in [5.74, 6) is -0.300. The molecular weight excluding hydrogens is 302 g/mol. The van der Waals surface area contributed by atoms with Crippen LogP contribution in [-0.2, 0) is 20.0 Å². The zero-order valence-corrected chi connectivity index (χ0v) is 13.2. The first-order valence-corrected chi connectivity index (χ1v) is 7.39. The molecule has 0 saturated carbocycles. The van der Waals surface area contributed by atoms with E-state index < -0.39 is 11.6 Å². The Bertz CT molecular complexity index is 668. The quantitative estimate of drug-likeness (QED) is 0.623. The van der Waals surface area contributed by atoms with Crippen molar-refractivity contribution in [1.82, 2.24) is 25.4 Å². The van der Waals surface area contributed by atoms with Crippen LogP contribution in [-0.4, -0.2) is 33.8 Å². The van der Waals surface area contributed by atoms with E-state index in [4.69, 9.17) is 0 Å². The van der Waals surface area contributed by atoms with Crippen molar-refractivity contribution in [3.63, 3.8) is 0 Å². The van der Waals surface area contributed by atoms with Gasteiger partial charge in [0.05, 0.1) is 0 Å². The summed E-state index contributed by atoms with van der Waals surface area (Å²) in [5, 5.41) is 10.2. The zero-order valence-electron chi connectivity index (χ0n) is 13.2. The van der Waals surface area contributed by atoms with Gasteiger partial charge in [-0.15, -0.1) is 0 Å². The van der Waals surface area contributed by atoms with E-state index in [1.165, 1.54) is 12.4 Å². The molecule has 0 aliphatic rings. The lowest BCUT2D eigenvalue weighted by Crippen LogP contribution is -2.38. The fourth-order valence-electron chi connectivity index (χ4n) is 2.01. The number of benzene rings is 1. The molecule has 2 rings (SSSR count). The van der Waals surface area contributed by atoms with Crippen LogP contribution in [0.4, 0.5) is 8.78 Å². The van der Waals surface area contributed by atoms with Gasteiger partial charge in [-0.2, -0.15) is 5.10 Å². The molecule has 6 nitrogen and oxygen atoms in total. The Kier molecular flexibility index (Phi) is 6.02. The van der Waals surface area contributed by atoms with Gasteiger partial charge in [-0.3, -0.25) is 4.68 Å². The van der Waals surface area contributed by atoms with Crippen molar-refractivity contribution < 1.29 is 8.78 Å². The molecule has 2 N–H and O–H groups in total. The Hall–Kier alpha value is -2.51. The summed E-state index contributed by atoms with van der Waals surface area (Å²) in [5.41, 5.74) is 0.335. The Morgan fingerprint density at radius 3 is 2.83 bits per heavy atom. The molecule has 0 spiro atoms. The average Bonchev–Trinajstić information content (AvgIpc) is 2.94. The lowest BCUT2D eigenvalue weighted by atomic mass is 10.1. The zero-order chi connectivity index (χ0) is 16.7. The van der Waals surface area contributed by atoms with Crippen molar-refractivity contribution in [3.8, 4) is 0 Å². The molecule has 0 aliphatic heterocycles. The van der Waals surface area contributed by atoms with Crippen molar-refractivity contribution in [2.45, 2.75) is 19.9 Å². The van der Waals surface area contributed by atoms with E-state index in [9.17, 15) is 8.78 Å². The van der Waals surface area contributed by atoms with Crippen molar-refractivity contribution in [2.24, 2.45) is 12.0 Å². The van der Waals surface area contributed by atoms with Crippen LogP contribution >= 0.6 is 0 Å². The molecule has 0 unspecified atom stereocenters. The fourth-order valence-corrected chi connectivity index (χ4v) is 2.01. The highest BCUT2D eigenvalue weighted by Crippen LogP contribution is 2.11. The first-order valence-electron chi connectivity index (χ1n) is 7.39. The third-order valence-electron chi connectivity index (χ3n) is 3.25. The Labute approximate surface area is 133 Å². The van der Waals surface area contributed by atoms with Crippen molar-refractivity contribution in [2.75, 3.05) is 13.1 Å². The normalized spacial score (nSPS) is 11.6. The number of hydrogen-bond donors (Lipinski definition) is 2. The van der Waals surface area contributed by atoms with Crippen molar-refractivity contribution >= 4 is 5.96 Å². The minimum atomic E-state index is -0.828. The molecule has 0 saturated heterocycles. The van der Waals surface area contributed by atoms with Gasteiger partial charge in [0.15, 0.2) is 17.6 Å². The number of rotatable bonds is 6. The van der Waals surface area contributed by atoms with Crippen LogP contribution in [0.25, 0.3) is 0 Å². The summed E-state index contributed by atoms with van der Waals surface area (Å²) >= 11 is 0. The summed E-state index contributed by atoms with van der Waals surface area (Å²) in [6, 6.07) is 4.18. The third kappa shape index (κ3) is 4.73. The molecule has 23 heavy (non-hydrogen) atoms. The van der Waals surface area contributed by atoms with Crippen molar-refractivity contribution in [1.29, 1.82) is 0 Å². The second-order valence-electron chi connectivity index (χ2n) is 4.88. The second-order valence-corrected chi connectivity index (χ2v) is 4.88. The van der Waals surface area contributed by atoms with Crippen LogP contribution in [0.5, 0.6) is 0 Å². The van der Waals surface area contributed by atoms with E-state index in [1.807, 2.05) is 6.92 Å². The second kappa shape index (κ2) is 8.21. The van der Waals surface area contributed by atoms with Crippen LogP contribution in [0.15, 0.2) is 29.5 Å². The first-order chi connectivity index (χ1) is 11.1. The van der Waals surface area contributed by atoms with Gasteiger partial charge in [-0.25, -0.2) is 18.8 Å². The molecule has 8 heteroatoms. The third-order valence-corrected chi connectivity index (χ3v) is 3.25. The van der Waals surface area contributed by atoms with Gasteiger partial charge in [0, 0.05) is 20.1 Å². The summed E-state index contributed by atoms with van der Waals surface area (Å²) < 4.78 is 28.4. The van der Waals surface area contributed by atoms with Gasteiger partial charge in [0.1, 0.15) is 18.7 Å². The minimum Gasteiger partial charge on any atom is -0.357 e. The summed E-state index contributed by atoms with van der Waals surface area (Å²) in [6.45, 7) is 3.45. The lowest BCUT2D eigenvalue weighted by molar-refractivity contribution is 0.498. The SMILES string of the molecule is CCNC(=NCc1ncnn1C)NCCc1cccc(F)c1F. The number of halogens is 2. The van der Waals surface area contributed by atoms with Crippen LogP contribution in [0.3, 0.4) is 0 Å². The predicted molar refractivity (Wildman–Crippen MR) is 83.9 cm³/mol. The van der Waals surface area contributed by atoms with Crippen LogP contribution in [0, 0.1) is 11.6 Å². The highest BCUT2D eigenvalue weighted by molar-refractivity contribution is 5.79. The maximum absolute atomic E-state index is 13.6. The molecule has 1 aromatic carbocycles. The average molecular weight is 322 g/mol. The lowest BCUT2D eigenvalue weighted by Gasteiger charge is -2.11. The summed E-state index contributed by atoms with van der Waals surface area (Å²) in [7, 11) is 1.80. The Balaban J connectivity index is 1.92. The number of nitrogens with zero attached hydrogens (tertiary/aromatic N) is 4. The maximum atomic E-state index is 13.6. The number of aromatic nitrogens is 3. The number of guanidine groups is 1. The highest BCUT2D eigenvalue weighted by Gasteiger charge is 2.07. The first kappa shape index (κ1) is 16.9. The number of hydrogen-bond acceptors (Lipinski definition) is 3. The summed E-state index contributed by atoms with van der Waals surface area (Å²) in [6.07, 6.45) is 1.83. The minimum absolute atomic E-state index is 0.335. The van der Waals surface area contributed by atoms with Crippen LogP contribution in [0.1, 0.15) is 18.3 Å². The largest absolute Gasteiger partial charge is 0.357 e. The van der Waals surface area contributed by atoms with Crippen molar-refractivity contribution in [3.05, 3.63) is 47.5 Å². The topological polar surface area (TPSA) is 67.1 Å². The summed E-state index contributed by atoms with van der Waals surface area (Å²) in [4.78, 5) is 8.49. The molecule has 2 aromatic rings. The molecule has 124 valence electrons. The van der Waals surface area contributed by atoms with Crippen LogP contribution in [0.2, 0.25) is 0 Å². The standard InChI is InChI=1S/C15H20F2N6/c1-3-18-15(20-9-13-21-10-22-23(13)2)19-8-7-11-5-4-6-12(16)14(11)17/h4-6,10H,3,7-9H2,1-2H3,(H2,18,19,20). The van der Waals surface area contributed by atoms with E-state index >= 15 is 0 Å². The van der Waals surface area contributed by atoms with Gasteiger partial charge in [0.25, 0.3) is 0 Å². The molecule has 0 amide bonds. The molecule has 0 radical (unpaired) electrons. The Morgan fingerprint density at radius 1 is 1.30 bits per heavy atom. The van der Waals surface area contributed by atoms with Gasteiger partial charge >= 0.3 is 0 Å². The van der Waals surface area contributed by atoms with E-state index in [-0.39, 0.29) is 0 Å². The van der Waals surface area contributed by atoms with E-state index in [2.05, 4.69) is 25.7 Å². The monoisotopic (exact) mass is 322 g/mol. The fraction of sp³-hybridized carbons (Fsp3) is 0.400. The molecule has 1 heterocycles. The number of nitrogens with one attached hydrogen (secondary N) is 2. The molecule has 1 aromatic heterocycles. The number of aliphatic imine (C=N–C) groups is 1. The van der Waals surface area contributed by atoms with E-state index in [0.29, 0.717) is 37.6 Å². The van der Waals surface area contributed by atoms with Gasteiger partial charge in [-0.1, -0.05) is 12.1 Å². The smallest absolute Gasteiger partial charge is 0.191 e. The molecular formula is C15H20F2N6. The predicted octanol–water partition coefficient (Wildman–Crippen LogP) is 1.39. The molecule has 0 atom stereocenters. The van der Waals surface area contributed by atoms with Gasteiger partial charge in [0.2, 0.25) is 0 Å². The Morgan fingerprint density at radius 2 is 2.13 bits per heavy atom. The van der Waals surface area contributed by atoms with E-state index in [0.717, 1.165) is 11.9 Å².